The fourth-order valence-electron chi connectivity index (χ4n) is 2.29. The van der Waals surface area contributed by atoms with Gasteiger partial charge in [-0.1, -0.05) is 11.8 Å². The molecule has 0 aliphatic carbocycles. The number of aromatic nitrogens is 2. The maximum Gasteiger partial charge on any atom is 0.168 e. The number of phenolic OH excluding ortho intramolecular Hbond substituents is 1. The van der Waals surface area contributed by atoms with Crippen LogP contribution < -0.4 is 4.74 Å². The zero-order valence-corrected chi connectivity index (χ0v) is 12.5. The second-order valence-corrected chi connectivity index (χ2v) is 6.01. The van der Waals surface area contributed by atoms with Gasteiger partial charge < -0.3 is 14.4 Å². The molecule has 4 nitrogen and oxygen atoms in total. The second-order valence-electron chi connectivity index (χ2n) is 5.07. The molecule has 0 saturated carbocycles. The molecule has 0 spiro atoms. The van der Waals surface area contributed by atoms with Crippen LogP contribution >= 0.6 is 11.8 Å². The zero-order valence-electron chi connectivity index (χ0n) is 11.7. The molecule has 1 aromatic carbocycles. The number of fused-ring (bicyclic) bond motifs is 1. The van der Waals surface area contributed by atoms with Crippen molar-refractivity contribution in [2.45, 2.75) is 30.7 Å². The Bertz CT molecular complexity index is 637. The molecule has 106 valence electrons. The number of thioether (sulfide) groups is 1. The van der Waals surface area contributed by atoms with Crippen LogP contribution in [-0.4, -0.2) is 21.3 Å². The minimum atomic E-state index is 0.354. The van der Waals surface area contributed by atoms with Gasteiger partial charge in [0.05, 0.1) is 6.61 Å². The van der Waals surface area contributed by atoms with Gasteiger partial charge in [-0.2, -0.15) is 0 Å². The van der Waals surface area contributed by atoms with Crippen LogP contribution in [0.1, 0.15) is 23.2 Å². The lowest BCUT2D eigenvalue weighted by molar-refractivity contribution is 0.287. The first-order valence-corrected chi connectivity index (χ1v) is 7.72. The summed E-state index contributed by atoms with van der Waals surface area (Å²) < 4.78 is 7.71. The number of ether oxygens (including phenoxy) is 1. The van der Waals surface area contributed by atoms with Crippen molar-refractivity contribution >= 4 is 11.8 Å². The Labute approximate surface area is 122 Å². The lowest BCUT2D eigenvalue weighted by atomic mass is 10.0. The molecule has 0 fully saturated rings. The summed E-state index contributed by atoms with van der Waals surface area (Å²) in [5.41, 5.74) is 3.14. The van der Waals surface area contributed by atoms with E-state index >= 15 is 0 Å². The van der Waals surface area contributed by atoms with E-state index in [1.54, 1.807) is 11.8 Å². The maximum atomic E-state index is 10.1. The molecule has 0 amide bonds. The van der Waals surface area contributed by atoms with Crippen molar-refractivity contribution in [1.82, 2.24) is 9.55 Å². The molecule has 1 N–H and O–H groups in total. The van der Waals surface area contributed by atoms with E-state index in [4.69, 9.17) is 4.74 Å². The zero-order chi connectivity index (χ0) is 14.1. The topological polar surface area (TPSA) is 47.3 Å². The van der Waals surface area contributed by atoms with Crippen LogP contribution in [0.3, 0.4) is 0 Å². The number of phenols is 1. The first-order valence-electron chi connectivity index (χ1n) is 6.74. The van der Waals surface area contributed by atoms with Gasteiger partial charge in [0.15, 0.2) is 5.16 Å². The van der Waals surface area contributed by atoms with E-state index in [2.05, 4.69) is 9.55 Å². The number of rotatable bonds is 3. The highest BCUT2D eigenvalue weighted by atomic mass is 32.2. The van der Waals surface area contributed by atoms with Gasteiger partial charge >= 0.3 is 0 Å². The standard InChI is InChI=1S/C15H18N2O2S/c1-10-8-16-15(17(10)2)20-9-12-7-14-11(6-13(12)18)4-3-5-19-14/h6-8,18H,3-5,9H2,1-2H3. The number of aryl methyl sites for hydroxylation is 2. The van der Waals surface area contributed by atoms with Gasteiger partial charge in [0.1, 0.15) is 11.5 Å². The third-order valence-corrected chi connectivity index (χ3v) is 4.74. The largest absolute Gasteiger partial charge is 0.508 e. The first kappa shape index (κ1) is 13.4. The molecule has 0 saturated heterocycles. The molecule has 20 heavy (non-hydrogen) atoms. The highest BCUT2D eigenvalue weighted by Gasteiger charge is 2.15. The average molecular weight is 290 g/mol. The van der Waals surface area contributed by atoms with Crippen molar-refractivity contribution < 1.29 is 9.84 Å². The van der Waals surface area contributed by atoms with Crippen LogP contribution in [0.2, 0.25) is 0 Å². The van der Waals surface area contributed by atoms with Gasteiger partial charge in [-0.25, -0.2) is 4.98 Å². The molecule has 0 atom stereocenters. The van der Waals surface area contributed by atoms with Crippen molar-refractivity contribution in [2.75, 3.05) is 6.61 Å². The van der Waals surface area contributed by atoms with Crippen molar-refractivity contribution in [3.63, 3.8) is 0 Å². The fourth-order valence-corrected chi connectivity index (χ4v) is 3.27. The number of imidazole rings is 1. The average Bonchev–Trinajstić information content (AvgIpc) is 2.76. The molecule has 2 heterocycles. The number of nitrogens with zero attached hydrogens (tertiary/aromatic N) is 2. The van der Waals surface area contributed by atoms with Gasteiger partial charge in [-0.15, -0.1) is 0 Å². The summed E-state index contributed by atoms with van der Waals surface area (Å²) in [6.45, 7) is 2.80. The molecular formula is C15H18N2O2S. The summed E-state index contributed by atoms with van der Waals surface area (Å²) in [7, 11) is 2.00. The third-order valence-electron chi connectivity index (χ3n) is 3.64. The molecule has 0 unspecified atom stereocenters. The maximum absolute atomic E-state index is 10.1. The van der Waals surface area contributed by atoms with Gasteiger partial charge in [0.25, 0.3) is 0 Å². The monoisotopic (exact) mass is 290 g/mol. The summed E-state index contributed by atoms with van der Waals surface area (Å²) in [6.07, 6.45) is 3.86. The van der Waals surface area contributed by atoms with Gasteiger partial charge in [0, 0.05) is 30.3 Å². The summed E-state index contributed by atoms with van der Waals surface area (Å²) in [4.78, 5) is 4.36. The Balaban J connectivity index is 1.79. The predicted molar refractivity (Wildman–Crippen MR) is 79.4 cm³/mol. The van der Waals surface area contributed by atoms with Crippen LogP contribution in [-0.2, 0) is 19.2 Å². The van der Waals surface area contributed by atoms with Crippen molar-refractivity contribution in [2.24, 2.45) is 7.05 Å². The van der Waals surface area contributed by atoms with Gasteiger partial charge in [-0.3, -0.25) is 0 Å². The minimum absolute atomic E-state index is 0.354. The highest BCUT2D eigenvalue weighted by molar-refractivity contribution is 7.98. The third kappa shape index (κ3) is 2.50. The molecule has 3 rings (SSSR count). The molecule has 0 radical (unpaired) electrons. The van der Waals surface area contributed by atoms with Crippen molar-refractivity contribution in [3.05, 3.63) is 35.2 Å². The SMILES string of the molecule is Cc1cnc(SCc2cc3c(cc2O)CCCO3)n1C. The summed E-state index contributed by atoms with van der Waals surface area (Å²) >= 11 is 1.62. The molecule has 0 bridgehead atoms. The van der Waals surface area contributed by atoms with Gasteiger partial charge in [0.2, 0.25) is 0 Å². The van der Waals surface area contributed by atoms with Crippen LogP contribution in [0.25, 0.3) is 0 Å². The van der Waals surface area contributed by atoms with E-state index in [9.17, 15) is 5.11 Å². The van der Waals surface area contributed by atoms with Crippen LogP contribution in [0, 0.1) is 6.92 Å². The van der Waals surface area contributed by atoms with Crippen LogP contribution in [0.15, 0.2) is 23.5 Å². The number of hydrogen-bond acceptors (Lipinski definition) is 4. The lowest BCUT2D eigenvalue weighted by Gasteiger charge is -2.18. The van der Waals surface area contributed by atoms with Gasteiger partial charge in [-0.05, 0) is 37.5 Å². The van der Waals surface area contributed by atoms with E-state index in [1.807, 2.05) is 32.3 Å². The van der Waals surface area contributed by atoms with E-state index in [-0.39, 0.29) is 0 Å². The molecule has 1 aliphatic rings. The number of aromatic hydroxyl groups is 1. The summed E-state index contributed by atoms with van der Waals surface area (Å²) in [5.74, 6) is 1.96. The Kier molecular flexibility index (Phi) is 3.61. The van der Waals surface area contributed by atoms with E-state index in [0.717, 1.165) is 47.2 Å². The van der Waals surface area contributed by atoms with Crippen molar-refractivity contribution in [1.29, 1.82) is 0 Å². The molecule has 1 aromatic heterocycles. The Morgan fingerprint density at radius 2 is 2.30 bits per heavy atom. The lowest BCUT2D eigenvalue weighted by Crippen LogP contribution is -2.08. The van der Waals surface area contributed by atoms with Crippen LogP contribution in [0.4, 0.5) is 0 Å². The second kappa shape index (κ2) is 5.40. The smallest absolute Gasteiger partial charge is 0.168 e. The van der Waals surface area contributed by atoms with E-state index < -0.39 is 0 Å². The molecule has 2 aromatic rings. The normalized spacial score (nSPS) is 13.9. The first-order chi connectivity index (χ1) is 9.65. The molecular weight excluding hydrogens is 272 g/mol. The Morgan fingerprint density at radius 1 is 1.45 bits per heavy atom. The Morgan fingerprint density at radius 3 is 3.05 bits per heavy atom. The Hall–Kier alpha value is -1.62. The molecule has 5 heteroatoms. The van der Waals surface area contributed by atoms with E-state index in [1.165, 1.54) is 0 Å². The summed E-state index contributed by atoms with van der Waals surface area (Å²) in [6, 6.07) is 3.81. The van der Waals surface area contributed by atoms with Crippen molar-refractivity contribution in [3.8, 4) is 11.5 Å². The van der Waals surface area contributed by atoms with Crippen LogP contribution in [0.5, 0.6) is 11.5 Å². The highest BCUT2D eigenvalue weighted by Crippen LogP contribution is 2.34. The number of benzene rings is 1. The quantitative estimate of drug-likeness (QED) is 0.883. The predicted octanol–water partition coefficient (Wildman–Crippen LogP) is 3.05. The van der Waals surface area contributed by atoms with E-state index in [0.29, 0.717) is 11.5 Å². The summed E-state index contributed by atoms with van der Waals surface area (Å²) in [5, 5.41) is 11.1. The minimum Gasteiger partial charge on any atom is -0.508 e. The fraction of sp³-hybridized carbons (Fsp3) is 0.400. The molecule has 1 aliphatic heterocycles. The number of hydrogen-bond donors (Lipinski definition) is 1.